The zero-order valence-electron chi connectivity index (χ0n) is 19.2. The first-order chi connectivity index (χ1) is 16.8. The molecule has 7 heteroatoms. The van der Waals surface area contributed by atoms with Crippen LogP contribution in [0.3, 0.4) is 0 Å². The van der Waals surface area contributed by atoms with Crippen molar-refractivity contribution in [2.75, 3.05) is 26.3 Å². The molecule has 1 fully saturated rings. The van der Waals surface area contributed by atoms with Crippen LogP contribution in [-0.2, 0) is 29.0 Å². The molecule has 2 aliphatic rings. The number of nitrogens with zero attached hydrogens (tertiary/aromatic N) is 4. The topological polar surface area (TPSA) is 72.3 Å². The number of pyridine rings is 2. The molecule has 34 heavy (non-hydrogen) atoms. The molecule has 0 spiro atoms. The lowest BCUT2D eigenvalue weighted by atomic mass is 9.92. The summed E-state index contributed by atoms with van der Waals surface area (Å²) in [6.07, 6.45) is 7.08. The normalized spacial score (nSPS) is 18.4. The molecule has 3 aromatic heterocycles. The lowest BCUT2D eigenvalue weighted by Crippen LogP contribution is -2.42. The van der Waals surface area contributed by atoms with Crippen LogP contribution in [0.25, 0.3) is 21.8 Å². The summed E-state index contributed by atoms with van der Waals surface area (Å²) in [6, 6.07) is 14.8. The Morgan fingerprint density at radius 3 is 2.82 bits per heavy atom. The van der Waals surface area contributed by atoms with E-state index in [0.29, 0.717) is 39.4 Å². The molecule has 1 atom stereocenters. The van der Waals surface area contributed by atoms with Gasteiger partial charge in [0.2, 0.25) is 5.91 Å². The number of hydrogen-bond donors (Lipinski definition) is 1. The molecule has 1 aromatic carbocycles. The molecule has 1 aliphatic carbocycles. The van der Waals surface area contributed by atoms with E-state index in [2.05, 4.69) is 45.2 Å². The largest absolute Gasteiger partial charge is 0.378 e. The highest BCUT2D eigenvalue weighted by Crippen LogP contribution is 2.32. The van der Waals surface area contributed by atoms with Crippen molar-refractivity contribution in [2.24, 2.45) is 0 Å². The van der Waals surface area contributed by atoms with Crippen LogP contribution >= 0.6 is 0 Å². The molecule has 7 nitrogen and oxygen atoms in total. The maximum Gasteiger partial charge on any atom is 0.242 e. The number of rotatable bonds is 5. The molecular weight excluding hydrogens is 426 g/mol. The van der Waals surface area contributed by atoms with Crippen LogP contribution in [-0.4, -0.2) is 51.6 Å². The number of carbonyl (C=O) groups excluding carboxylic acids is 1. The molecule has 1 N–H and O–H groups in total. The second-order valence-corrected chi connectivity index (χ2v) is 9.12. The fourth-order valence-corrected chi connectivity index (χ4v) is 5.44. The third kappa shape index (κ3) is 3.85. The molecule has 6 rings (SSSR count). The third-order valence-corrected chi connectivity index (χ3v) is 7.12. The average molecular weight is 456 g/mol. The smallest absolute Gasteiger partial charge is 0.242 e. The lowest BCUT2D eigenvalue weighted by molar-refractivity contribution is -0.135. The van der Waals surface area contributed by atoms with Crippen molar-refractivity contribution in [2.45, 2.75) is 38.4 Å². The summed E-state index contributed by atoms with van der Waals surface area (Å²) in [5.41, 5.74) is 5.56. The van der Waals surface area contributed by atoms with Gasteiger partial charge in [0.25, 0.3) is 0 Å². The van der Waals surface area contributed by atoms with Gasteiger partial charge in [0.1, 0.15) is 6.54 Å². The highest BCUT2D eigenvalue weighted by Gasteiger charge is 2.24. The van der Waals surface area contributed by atoms with Crippen molar-refractivity contribution in [3.63, 3.8) is 0 Å². The standard InChI is InChI=1S/C27H29N5O2/c33-25(31-13-15-34-16-14-31)18-32-24-9-2-1-7-20(24)21-10-12-28-23(27(21)32)17-30-22-8-3-5-19-6-4-11-29-26(19)22/h1-2,4,6-7,9-12,22,30H,3,5,8,13-18H2/t22-/m0/s1. The van der Waals surface area contributed by atoms with E-state index in [9.17, 15) is 4.79 Å². The predicted molar refractivity (Wildman–Crippen MR) is 131 cm³/mol. The van der Waals surface area contributed by atoms with E-state index in [1.165, 1.54) is 5.56 Å². The van der Waals surface area contributed by atoms with Gasteiger partial charge in [0, 0.05) is 48.3 Å². The molecule has 1 aliphatic heterocycles. The van der Waals surface area contributed by atoms with Gasteiger partial charge < -0.3 is 19.5 Å². The van der Waals surface area contributed by atoms with E-state index in [0.717, 1.165) is 52.5 Å². The van der Waals surface area contributed by atoms with Gasteiger partial charge in [-0.15, -0.1) is 0 Å². The minimum atomic E-state index is 0.124. The Morgan fingerprint density at radius 1 is 1.03 bits per heavy atom. The average Bonchev–Trinajstić information content (AvgIpc) is 3.22. The van der Waals surface area contributed by atoms with Crippen molar-refractivity contribution in [3.8, 4) is 0 Å². The number of ether oxygens (including phenoxy) is 1. The maximum absolute atomic E-state index is 13.2. The summed E-state index contributed by atoms with van der Waals surface area (Å²) < 4.78 is 7.59. The summed E-state index contributed by atoms with van der Waals surface area (Å²) in [6.45, 7) is 3.43. The first-order valence-corrected chi connectivity index (χ1v) is 12.2. The zero-order chi connectivity index (χ0) is 22.9. The Kier molecular flexibility index (Phi) is 5.73. The van der Waals surface area contributed by atoms with Crippen LogP contribution in [0.1, 0.15) is 35.8 Å². The van der Waals surface area contributed by atoms with Gasteiger partial charge in [-0.05, 0) is 43.0 Å². The summed E-state index contributed by atoms with van der Waals surface area (Å²) in [5, 5.41) is 6.02. The quantitative estimate of drug-likeness (QED) is 0.498. The number of carbonyl (C=O) groups is 1. The van der Waals surface area contributed by atoms with Crippen LogP contribution < -0.4 is 5.32 Å². The molecule has 1 amide bonds. The molecule has 4 aromatic rings. The number of hydrogen-bond acceptors (Lipinski definition) is 5. The molecular formula is C27H29N5O2. The fraction of sp³-hybridized carbons (Fsp3) is 0.370. The van der Waals surface area contributed by atoms with Crippen LogP contribution in [0.15, 0.2) is 54.9 Å². The van der Waals surface area contributed by atoms with Crippen molar-refractivity contribution >= 4 is 27.7 Å². The van der Waals surface area contributed by atoms with Gasteiger partial charge in [-0.2, -0.15) is 0 Å². The summed E-state index contributed by atoms with van der Waals surface area (Å²) in [5.74, 6) is 0.124. The first kappa shape index (κ1) is 21.3. The highest BCUT2D eigenvalue weighted by molar-refractivity contribution is 6.09. The number of fused-ring (bicyclic) bond motifs is 4. The molecule has 0 bridgehead atoms. The second-order valence-electron chi connectivity index (χ2n) is 9.12. The van der Waals surface area contributed by atoms with Crippen LogP contribution in [0.4, 0.5) is 0 Å². The monoisotopic (exact) mass is 455 g/mol. The Morgan fingerprint density at radius 2 is 1.91 bits per heavy atom. The van der Waals surface area contributed by atoms with Gasteiger partial charge in [-0.1, -0.05) is 24.3 Å². The number of aromatic nitrogens is 3. The van der Waals surface area contributed by atoms with E-state index in [1.54, 1.807) is 0 Å². The van der Waals surface area contributed by atoms with E-state index in [1.807, 2.05) is 29.4 Å². The van der Waals surface area contributed by atoms with Crippen molar-refractivity contribution in [3.05, 3.63) is 71.8 Å². The Labute approximate surface area is 198 Å². The van der Waals surface area contributed by atoms with E-state index >= 15 is 0 Å². The second kappa shape index (κ2) is 9.16. The van der Waals surface area contributed by atoms with Crippen molar-refractivity contribution < 1.29 is 9.53 Å². The van der Waals surface area contributed by atoms with Crippen LogP contribution in [0, 0.1) is 0 Å². The Balaban J connectivity index is 1.36. The van der Waals surface area contributed by atoms with Crippen LogP contribution in [0.2, 0.25) is 0 Å². The SMILES string of the molecule is O=C(Cn1c2ccccc2c2ccnc(CN[C@H]3CCCc4cccnc43)c21)N1CCOCC1. The highest BCUT2D eigenvalue weighted by atomic mass is 16.5. The molecule has 174 valence electrons. The maximum atomic E-state index is 13.2. The minimum absolute atomic E-state index is 0.124. The van der Waals surface area contributed by atoms with Crippen molar-refractivity contribution in [1.82, 2.24) is 24.8 Å². The molecule has 4 heterocycles. The molecule has 0 radical (unpaired) electrons. The minimum Gasteiger partial charge on any atom is -0.378 e. The predicted octanol–water partition coefficient (Wildman–Crippen LogP) is 3.61. The third-order valence-electron chi connectivity index (χ3n) is 7.12. The lowest BCUT2D eigenvalue weighted by Gasteiger charge is -2.27. The van der Waals surface area contributed by atoms with E-state index in [4.69, 9.17) is 9.72 Å². The van der Waals surface area contributed by atoms with Gasteiger partial charge in [0.05, 0.1) is 36.2 Å². The number of morpholine rings is 1. The number of nitrogens with one attached hydrogen (secondary N) is 1. The van der Waals surface area contributed by atoms with E-state index < -0.39 is 0 Å². The zero-order valence-corrected chi connectivity index (χ0v) is 19.2. The molecule has 0 saturated carbocycles. The molecule has 0 unspecified atom stereocenters. The van der Waals surface area contributed by atoms with Gasteiger partial charge in [-0.3, -0.25) is 14.8 Å². The first-order valence-electron chi connectivity index (χ1n) is 12.2. The van der Waals surface area contributed by atoms with E-state index in [-0.39, 0.29) is 11.9 Å². The van der Waals surface area contributed by atoms with Crippen molar-refractivity contribution in [1.29, 1.82) is 0 Å². The summed E-state index contributed by atoms with van der Waals surface area (Å²) in [7, 11) is 0. The molecule has 1 saturated heterocycles. The van der Waals surface area contributed by atoms with Gasteiger partial charge >= 0.3 is 0 Å². The number of para-hydroxylation sites is 1. The van der Waals surface area contributed by atoms with Gasteiger partial charge in [0.15, 0.2) is 0 Å². The number of benzene rings is 1. The number of amides is 1. The summed E-state index contributed by atoms with van der Waals surface area (Å²) in [4.78, 5) is 24.6. The van der Waals surface area contributed by atoms with Crippen LogP contribution in [0.5, 0.6) is 0 Å². The fourth-order valence-electron chi connectivity index (χ4n) is 5.44. The Bertz CT molecular complexity index is 1340. The number of aryl methyl sites for hydroxylation is 1. The summed E-state index contributed by atoms with van der Waals surface area (Å²) >= 11 is 0. The Hall–Kier alpha value is -3.29. The van der Waals surface area contributed by atoms with Gasteiger partial charge in [-0.25, -0.2) is 0 Å².